The molecular formula is C99H103F4Ir6N13O11-6. The van der Waals surface area contributed by atoms with Gasteiger partial charge in [0.15, 0.2) is 28.9 Å². The Morgan fingerprint density at radius 2 is 0.692 bits per heavy atom. The SMILES string of the molecule is CC(=O)C=C(C)O.CC(=O)C=C(C)O.CC(=O)C=C(C)O.CC(=O)C=C(C)O.CC(=O)C=C(C)O.CN(C)c1c[c-]c(-c2nccn2C)cc1.COc1c[c-]c(-c2nccn2C)cc1.Cn1ccnc1-c1[c-]cc(F)cc1F.Cn1ccnc1-c1[c-]cccc1.Fc1c[c-]c(-c2nccn2-c2ccccc2)c(F)c1.[Ir].[Ir].[Ir].[Ir].[Ir].[Ir].[c-]1ccccc1-c1nccn1Cc1ccccc1. The third kappa shape index (κ3) is 49.6. The second-order valence-electron chi connectivity index (χ2n) is 27.4. The van der Waals surface area contributed by atoms with Gasteiger partial charge in [0, 0.05) is 295 Å². The molecule has 6 heterocycles. The standard InChI is InChI=1S/C16H13N2.C15H9F2N2.C12H14N3.C11H11N2O.C10H7F2N2.C10H9N2.5C5H8O2.6Ir/c1-3-7-14(8-4-1)13-18-12-11-17-16(18)15-9-5-2-6-10-15;16-11-6-7-13(14(17)10-11)15-18-8-9-19(15)12-4-2-1-3-5-12;1-14(2)11-6-4-10(5-7-11)12-13-8-9-15(12)3;1-13-8-7-12-11(13)9-3-5-10(14-2)6-4-9;1-14-5-4-13-10(14)8-3-2-7(11)6-9(8)12;1-12-8-7-11-10(12)9-5-3-2-4-6-9;5*1-4(6)3-5(2)7;;;;;;/h1-9,11-12H,13H2;1-6,8-10H;4,6-9H,1-3H3;3,5-8H,1-2H3;2,4-6H,1H3;2-5,7-8H,1H3;5*3,6H,1-2H3;;;;;;/q6*-1;;;;;;;;;;;. The summed E-state index contributed by atoms with van der Waals surface area (Å²) in [5.74, 6) is 2.46. The molecule has 0 aliphatic heterocycles. The normalized spacial score (nSPS) is 10.2. The van der Waals surface area contributed by atoms with Crippen LogP contribution in [0.1, 0.15) is 74.8 Å². The van der Waals surface area contributed by atoms with Gasteiger partial charge in [-0.05, 0) is 107 Å². The Hall–Kier alpha value is -11.7. The Morgan fingerprint density at radius 1 is 0.368 bits per heavy atom. The van der Waals surface area contributed by atoms with E-state index in [-0.39, 0.29) is 189 Å². The van der Waals surface area contributed by atoms with E-state index in [9.17, 15) is 41.5 Å². The molecule has 0 saturated carbocycles. The largest absolute Gasteiger partial charge is 0.540 e. The van der Waals surface area contributed by atoms with E-state index in [2.05, 4.69) is 106 Å². The molecule has 133 heavy (non-hydrogen) atoms. The number of carbonyl (C=O) groups excluding carboxylic acids is 5. The number of anilines is 1. The number of aromatic nitrogens is 12. The molecule has 0 atom stereocenters. The number of halogens is 4. The molecule has 0 saturated heterocycles. The molecule has 0 spiro atoms. The maximum absolute atomic E-state index is 13.8. The van der Waals surface area contributed by atoms with Gasteiger partial charge in [0.2, 0.25) is 0 Å². The van der Waals surface area contributed by atoms with E-state index in [1.807, 2.05) is 195 Å². The predicted molar refractivity (Wildman–Crippen MR) is 486 cm³/mol. The van der Waals surface area contributed by atoms with E-state index in [1.54, 1.807) is 66.7 Å². The number of methoxy groups -OCH3 is 1. The molecule has 8 aromatic carbocycles. The number of carbonyl (C=O) groups is 5. The molecule has 0 aliphatic carbocycles. The van der Waals surface area contributed by atoms with E-state index in [0.29, 0.717) is 11.6 Å². The number of rotatable bonds is 16. The average molecular weight is 2880 g/mol. The summed E-state index contributed by atoms with van der Waals surface area (Å²) < 4.78 is 69.1. The maximum atomic E-state index is 13.8. The van der Waals surface area contributed by atoms with Crippen LogP contribution in [0.2, 0.25) is 0 Å². The van der Waals surface area contributed by atoms with Crippen LogP contribution < -0.4 is 9.64 Å². The maximum Gasteiger partial charge on any atom is 0.155 e. The summed E-state index contributed by atoms with van der Waals surface area (Å²) in [4.78, 5) is 77.4. The molecule has 0 amide bonds. The monoisotopic (exact) mass is 2880 g/mol. The number of imidazole rings is 6. The van der Waals surface area contributed by atoms with Crippen molar-refractivity contribution in [2.45, 2.75) is 75.8 Å². The molecule has 6 aromatic heterocycles. The average Bonchev–Trinajstić information content (AvgIpc) is 1.69. The summed E-state index contributed by atoms with van der Waals surface area (Å²) >= 11 is 0. The molecule has 0 unspecified atom stereocenters. The summed E-state index contributed by atoms with van der Waals surface area (Å²) in [5, 5.41) is 41.8. The fraction of sp³-hybridized carbons (Fsp3) is 0.182. The van der Waals surface area contributed by atoms with Crippen molar-refractivity contribution in [3.63, 3.8) is 0 Å². The van der Waals surface area contributed by atoms with Gasteiger partial charge in [-0.15, -0.1) is 156 Å². The Bertz CT molecular complexity index is 5710. The van der Waals surface area contributed by atoms with Crippen molar-refractivity contribution in [1.82, 2.24) is 57.3 Å². The van der Waals surface area contributed by atoms with Crippen molar-refractivity contribution in [2.24, 2.45) is 28.2 Å². The number of ether oxygens (including phenoxy) is 1. The van der Waals surface area contributed by atoms with Crippen molar-refractivity contribution in [3.05, 3.63) is 369 Å². The molecule has 34 heteroatoms. The number of para-hydroxylation sites is 1. The molecule has 0 bridgehead atoms. The smallest absolute Gasteiger partial charge is 0.155 e. The van der Waals surface area contributed by atoms with Gasteiger partial charge in [-0.1, -0.05) is 71.8 Å². The zero-order valence-corrected chi connectivity index (χ0v) is 90.1. The number of aliphatic hydroxyl groups is 5. The van der Waals surface area contributed by atoms with Crippen molar-refractivity contribution in [2.75, 3.05) is 26.1 Å². The van der Waals surface area contributed by atoms with Gasteiger partial charge >= 0.3 is 0 Å². The first-order valence-corrected chi connectivity index (χ1v) is 38.7. The summed E-state index contributed by atoms with van der Waals surface area (Å²) in [5.41, 5.74) is 7.65. The molecule has 14 rings (SSSR count). The minimum Gasteiger partial charge on any atom is -0.540 e. The first kappa shape index (κ1) is 125. The van der Waals surface area contributed by atoms with E-state index in [0.717, 1.165) is 93.5 Å². The van der Waals surface area contributed by atoms with Crippen LogP contribution in [0.4, 0.5) is 23.2 Å². The summed E-state index contributed by atoms with van der Waals surface area (Å²) in [6, 6.07) is 68.9. The van der Waals surface area contributed by atoms with Gasteiger partial charge in [0.25, 0.3) is 0 Å². The fourth-order valence-electron chi connectivity index (χ4n) is 10.5. The zero-order valence-electron chi connectivity index (χ0n) is 75.7. The van der Waals surface area contributed by atoms with Crippen molar-refractivity contribution in [3.8, 4) is 79.8 Å². The Morgan fingerprint density at radius 3 is 1.00 bits per heavy atom. The first-order valence-electron chi connectivity index (χ1n) is 38.7. The minimum atomic E-state index is -0.677. The number of ketones is 5. The van der Waals surface area contributed by atoms with E-state index in [1.165, 1.54) is 105 Å². The Kier molecular flexibility index (Phi) is 64.4. The van der Waals surface area contributed by atoms with Crippen LogP contribution in [0.3, 0.4) is 0 Å². The third-order valence-electron chi connectivity index (χ3n) is 15.8. The number of aryl methyl sites for hydroxylation is 4. The van der Waals surface area contributed by atoms with Crippen molar-refractivity contribution in [1.29, 1.82) is 0 Å². The number of nitrogens with zero attached hydrogens (tertiary/aromatic N) is 13. The third-order valence-corrected chi connectivity index (χ3v) is 15.8. The quantitative estimate of drug-likeness (QED) is 0.0260. The van der Waals surface area contributed by atoms with E-state index in [4.69, 9.17) is 30.3 Å². The number of hydrogen-bond acceptors (Lipinski definition) is 18. The summed E-state index contributed by atoms with van der Waals surface area (Å²) in [6.45, 7) is 15.1. The number of allylic oxidation sites excluding steroid dienone is 10. The molecule has 24 nitrogen and oxygen atoms in total. The van der Waals surface area contributed by atoms with Crippen LogP contribution in [0.5, 0.6) is 5.75 Å². The van der Waals surface area contributed by atoms with Crippen LogP contribution >= 0.6 is 0 Å². The summed E-state index contributed by atoms with van der Waals surface area (Å²) in [6.07, 6.45) is 27.3. The van der Waals surface area contributed by atoms with Crippen LogP contribution in [0.25, 0.3) is 74.0 Å². The van der Waals surface area contributed by atoms with Gasteiger partial charge in [0.05, 0.1) is 70.9 Å². The molecule has 14 aromatic rings. The molecule has 718 valence electrons. The van der Waals surface area contributed by atoms with Crippen LogP contribution in [-0.2, 0) is 179 Å². The number of aliphatic hydroxyl groups excluding tert-OH is 5. The molecule has 5 N–H and O–H groups in total. The second kappa shape index (κ2) is 68.3. The van der Waals surface area contributed by atoms with Crippen molar-refractivity contribution < 1.29 is 192 Å². The fourth-order valence-corrected chi connectivity index (χ4v) is 10.5. The van der Waals surface area contributed by atoms with E-state index < -0.39 is 23.3 Å². The predicted octanol–water partition coefficient (Wildman–Crippen LogP) is 20.1. The summed E-state index contributed by atoms with van der Waals surface area (Å²) in [7, 11) is 13.3. The van der Waals surface area contributed by atoms with Gasteiger partial charge in [-0.25, -0.2) is 0 Å². The molecular weight excluding hydrogens is 2780 g/mol. The van der Waals surface area contributed by atoms with Gasteiger partial charge < -0.3 is 62.6 Å². The van der Waals surface area contributed by atoms with Gasteiger partial charge in [-0.3, -0.25) is 71.4 Å². The molecule has 6 radical (unpaired) electrons. The van der Waals surface area contributed by atoms with Gasteiger partial charge in [-0.2, -0.15) is 0 Å². The zero-order chi connectivity index (χ0) is 94.1. The van der Waals surface area contributed by atoms with Crippen LogP contribution in [0, 0.1) is 59.7 Å². The molecule has 0 aliphatic rings. The first-order chi connectivity index (χ1) is 60.4. The van der Waals surface area contributed by atoms with Crippen LogP contribution in [-0.4, -0.2) is 133 Å². The Balaban J connectivity index is -0.00000142. The number of hydrogen-bond donors (Lipinski definition) is 5. The van der Waals surface area contributed by atoms with Crippen LogP contribution in [0.15, 0.2) is 303 Å². The Labute approximate surface area is 855 Å². The van der Waals surface area contributed by atoms with Gasteiger partial charge in [0.1, 0.15) is 0 Å². The topological polar surface area (TPSA) is 306 Å². The second-order valence-corrected chi connectivity index (χ2v) is 27.4. The van der Waals surface area contributed by atoms with Crippen molar-refractivity contribution >= 4 is 34.6 Å². The molecule has 0 fully saturated rings. The minimum absolute atomic E-state index is 0. The number of benzene rings is 8. The van der Waals surface area contributed by atoms with E-state index >= 15 is 0 Å².